The van der Waals surface area contributed by atoms with E-state index in [2.05, 4.69) is 51.8 Å². The van der Waals surface area contributed by atoms with Crippen LogP contribution in [0.5, 0.6) is 0 Å². The van der Waals surface area contributed by atoms with Gasteiger partial charge in [0.1, 0.15) is 5.82 Å². The molecule has 2 heterocycles. The second-order valence-electron chi connectivity index (χ2n) is 9.05. The summed E-state index contributed by atoms with van der Waals surface area (Å²) >= 11 is 1.63. The van der Waals surface area contributed by atoms with Crippen LogP contribution in [0.3, 0.4) is 0 Å². The molecule has 5 nitrogen and oxygen atoms in total. The van der Waals surface area contributed by atoms with Crippen molar-refractivity contribution in [3.05, 3.63) is 47.2 Å². The minimum absolute atomic E-state index is 0.0396. The van der Waals surface area contributed by atoms with Crippen LogP contribution in [-0.4, -0.2) is 47.5 Å². The van der Waals surface area contributed by atoms with Gasteiger partial charge in [0, 0.05) is 49.5 Å². The molecule has 3 rings (SSSR count). The molecule has 0 unspecified atom stereocenters. The monoisotopic (exact) mass is 426 g/mol. The predicted octanol–water partition coefficient (Wildman–Crippen LogP) is 5.15. The van der Waals surface area contributed by atoms with Gasteiger partial charge in [-0.15, -0.1) is 0 Å². The summed E-state index contributed by atoms with van der Waals surface area (Å²) in [6.07, 6.45) is 3.29. The van der Waals surface area contributed by atoms with Gasteiger partial charge in [-0.2, -0.15) is 0 Å². The molecular weight excluding hydrogens is 392 g/mol. The number of rotatable bonds is 7. The molecule has 162 valence electrons. The highest BCUT2D eigenvalue weighted by Crippen LogP contribution is 2.28. The van der Waals surface area contributed by atoms with Crippen LogP contribution in [-0.2, 0) is 11.2 Å². The lowest BCUT2D eigenvalue weighted by molar-refractivity contribution is 0.0792. The SMILES string of the molecule is CCCN(C)c1cc(C(C)(C)C)nc(SCc2cccc(C(=O)N3CCCC3)c2)n1. The summed E-state index contributed by atoms with van der Waals surface area (Å²) in [5, 5.41) is 0.789. The zero-order valence-electron chi connectivity index (χ0n) is 18.9. The van der Waals surface area contributed by atoms with Gasteiger partial charge in [-0.05, 0) is 37.0 Å². The van der Waals surface area contributed by atoms with Crippen LogP contribution in [0.2, 0.25) is 0 Å². The molecule has 6 heteroatoms. The van der Waals surface area contributed by atoms with Crippen LogP contribution in [0.15, 0.2) is 35.5 Å². The van der Waals surface area contributed by atoms with Crippen molar-refractivity contribution in [1.82, 2.24) is 14.9 Å². The van der Waals surface area contributed by atoms with E-state index in [-0.39, 0.29) is 11.3 Å². The number of anilines is 1. The Morgan fingerprint density at radius 2 is 1.90 bits per heavy atom. The van der Waals surface area contributed by atoms with Gasteiger partial charge in [-0.3, -0.25) is 4.79 Å². The Bertz CT molecular complexity index is 872. The quantitative estimate of drug-likeness (QED) is 0.453. The Morgan fingerprint density at radius 1 is 1.17 bits per heavy atom. The van der Waals surface area contributed by atoms with Crippen LogP contribution in [0.1, 0.15) is 68.6 Å². The molecule has 0 radical (unpaired) electrons. The first-order valence-electron chi connectivity index (χ1n) is 10.9. The van der Waals surface area contributed by atoms with Crippen molar-refractivity contribution in [3.8, 4) is 0 Å². The largest absolute Gasteiger partial charge is 0.360 e. The lowest BCUT2D eigenvalue weighted by atomic mass is 9.92. The van der Waals surface area contributed by atoms with Gasteiger partial charge in [0.25, 0.3) is 5.91 Å². The third kappa shape index (κ3) is 5.75. The number of carbonyl (C=O) groups excluding carboxylic acids is 1. The van der Waals surface area contributed by atoms with E-state index in [4.69, 9.17) is 9.97 Å². The van der Waals surface area contributed by atoms with E-state index < -0.39 is 0 Å². The van der Waals surface area contributed by atoms with Crippen LogP contribution < -0.4 is 4.90 Å². The molecule has 1 aliphatic heterocycles. The number of hydrogen-bond acceptors (Lipinski definition) is 5. The van der Waals surface area contributed by atoms with Gasteiger partial charge in [0.05, 0.1) is 5.69 Å². The van der Waals surface area contributed by atoms with Gasteiger partial charge in [0.2, 0.25) is 0 Å². The Hall–Kier alpha value is -2.08. The predicted molar refractivity (Wildman–Crippen MR) is 125 cm³/mol. The first kappa shape index (κ1) is 22.6. The molecule has 1 aromatic heterocycles. The summed E-state index contributed by atoms with van der Waals surface area (Å²) in [7, 11) is 2.08. The molecule has 0 spiro atoms. The average molecular weight is 427 g/mol. The van der Waals surface area contributed by atoms with Gasteiger partial charge in [-0.1, -0.05) is 51.6 Å². The molecule has 0 saturated carbocycles. The molecule has 1 aromatic carbocycles. The van der Waals surface area contributed by atoms with Crippen molar-refractivity contribution in [2.75, 3.05) is 31.6 Å². The Morgan fingerprint density at radius 3 is 2.57 bits per heavy atom. The fourth-order valence-corrected chi connectivity index (χ4v) is 4.35. The summed E-state index contributed by atoms with van der Waals surface area (Å²) in [5.41, 5.74) is 2.92. The normalized spacial score (nSPS) is 14.2. The molecule has 2 aromatic rings. The number of benzene rings is 1. The molecule has 0 N–H and O–H groups in total. The number of carbonyl (C=O) groups is 1. The molecule has 1 saturated heterocycles. The third-order valence-electron chi connectivity index (χ3n) is 5.35. The molecule has 1 fully saturated rings. The number of thioether (sulfide) groups is 1. The summed E-state index contributed by atoms with van der Waals surface area (Å²) < 4.78 is 0. The Balaban J connectivity index is 1.77. The molecular formula is C24H34N4OS. The minimum atomic E-state index is -0.0396. The van der Waals surface area contributed by atoms with Gasteiger partial charge in [0.15, 0.2) is 5.16 Å². The Kier molecular flexibility index (Phi) is 7.40. The first-order chi connectivity index (χ1) is 14.3. The summed E-state index contributed by atoms with van der Waals surface area (Å²) in [6, 6.07) is 10.1. The number of nitrogens with zero attached hydrogens (tertiary/aromatic N) is 4. The standard InChI is InChI=1S/C24H34N4OS/c1-6-12-27(5)21-16-20(24(2,3)4)25-23(26-21)30-17-18-10-9-11-19(15-18)22(29)28-13-7-8-14-28/h9-11,15-16H,6-8,12-14,17H2,1-5H3. The molecule has 30 heavy (non-hydrogen) atoms. The molecule has 0 bridgehead atoms. The summed E-state index contributed by atoms with van der Waals surface area (Å²) in [4.78, 5) is 26.5. The maximum absolute atomic E-state index is 12.7. The zero-order chi connectivity index (χ0) is 21.7. The third-order valence-corrected chi connectivity index (χ3v) is 6.26. The number of hydrogen-bond donors (Lipinski definition) is 0. The fourth-order valence-electron chi connectivity index (χ4n) is 3.55. The number of likely N-dealkylation sites (tertiary alicyclic amines) is 1. The topological polar surface area (TPSA) is 49.3 Å². The summed E-state index contributed by atoms with van der Waals surface area (Å²) in [6.45, 7) is 11.4. The highest BCUT2D eigenvalue weighted by molar-refractivity contribution is 7.98. The van der Waals surface area contributed by atoms with E-state index in [0.29, 0.717) is 0 Å². The molecule has 0 atom stereocenters. The maximum Gasteiger partial charge on any atom is 0.253 e. The van der Waals surface area contributed by atoms with Crippen LogP contribution in [0.4, 0.5) is 5.82 Å². The van der Waals surface area contributed by atoms with Gasteiger partial charge < -0.3 is 9.80 Å². The first-order valence-corrected chi connectivity index (χ1v) is 11.9. The number of amides is 1. The second-order valence-corrected chi connectivity index (χ2v) is 10.00. The highest BCUT2D eigenvalue weighted by atomic mass is 32.2. The van der Waals surface area contributed by atoms with Crippen LogP contribution in [0.25, 0.3) is 0 Å². The van der Waals surface area contributed by atoms with Crippen molar-refractivity contribution < 1.29 is 4.79 Å². The van der Waals surface area contributed by atoms with Gasteiger partial charge in [-0.25, -0.2) is 9.97 Å². The average Bonchev–Trinajstić information content (AvgIpc) is 3.26. The maximum atomic E-state index is 12.7. The van der Waals surface area contributed by atoms with Crippen molar-refractivity contribution >= 4 is 23.5 Å². The van der Waals surface area contributed by atoms with Crippen LogP contribution in [0, 0.1) is 0 Å². The molecule has 0 aliphatic carbocycles. The van der Waals surface area contributed by atoms with Crippen molar-refractivity contribution in [1.29, 1.82) is 0 Å². The zero-order valence-corrected chi connectivity index (χ0v) is 19.8. The smallest absolute Gasteiger partial charge is 0.253 e. The van der Waals surface area contributed by atoms with Crippen molar-refractivity contribution in [2.45, 2.75) is 63.3 Å². The Labute approximate surface area is 185 Å². The highest BCUT2D eigenvalue weighted by Gasteiger charge is 2.21. The lowest BCUT2D eigenvalue weighted by Crippen LogP contribution is -2.27. The van der Waals surface area contributed by atoms with E-state index in [9.17, 15) is 4.79 Å². The van der Waals surface area contributed by atoms with E-state index in [1.165, 1.54) is 0 Å². The van der Waals surface area contributed by atoms with E-state index in [0.717, 1.165) is 72.4 Å². The van der Waals surface area contributed by atoms with Crippen molar-refractivity contribution in [3.63, 3.8) is 0 Å². The summed E-state index contributed by atoms with van der Waals surface area (Å²) in [5.74, 6) is 1.86. The second kappa shape index (κ2) is 9.82. The van der Waals surface area contributed by atoms with E-state index >= 15 is 0 Å². The van der Waals surface area contributed by atoms with Crippen LogP contribution >= 0.6 is 11.8 Å². The van der Waals surface area contributed by atoms with Crippen molar-refractivity contribution in [2.24, 2.45) is 0 Å². The molecule has 1 amide bonds. The van der Waals surface area contributed by atoms with E-state index in [1.807, 2.05) is 23.1 Å². The van der Waals surface area contributed by atoms with Gasteiger partial charge >= 0.3 is 0 Å². The lowest BCUT2D eigenvalue weighted by Gasteiger charge is -2.23. The fraction of sp³-hybridized carbons (Fsp3) is 0.542. The van der Waals surface area contributed by atoms with E-state index in [1.54, 1.807) is 11.8 Å². The minimum Gasteiger partial charge on any atom is -0.360 e. The molecule has 1 aliphatic rings. The number of aromatic nitrogens is 2.